The summed E-state index contributed by atoms with van der Waals surface area (Å²) in [6, 6.07) is 16.1. The fraction of sp³-hybridized carbons (Fsp3) is 0.179. The molecule has 4 amide bonds. The molecule has 0 spiro atoms. The highest BCUT2D eigenvalue weighted by molar-refractivity contribution is 9.10. The quantitative estimate of drug-likeness (QED) is 0.156. The predicted octanol–water partition coefficient (Wildman–Crippen LogP) is 7.18. The minimum Gasteiger partial charge on any atom is -0.494 e. The van der Waals surface area contributed by atoms with Crippen LogP contribution in [0.5, 0.6) is 11.5 Å². The summed E-state index contributed by atoms with van der Waals surface area (Å²) in [6.45, 7) is 2.81. The molecule has 196 valence electrons. The number of benzene rings is 3. The fourth-order valence-electron chi connectivity index (χ4n) is 3.63. The maximum atomic E-state index is 13.4. The van der Waals surface area contributed by atoms with Gasteiger partial charge < -0.3 is 9.47 Å². The van der Waals surface area contributed by atoms with Crippen LogP contribution in [0.4, 0.5) is 10.5 Å². The summed E-state index contributed by atoms with van der Waals surface area (Å²) in [7, 11) is 0. The first kappa shape index (κ1) is 27.7. The average Bonchev–Trinajstić information content (AvgIpc) is 2.89. The highest BCUT2D eigenvalue weighted by Crippen LogP contribution is 2.30. The van der Waals surface area contributed by atoms with Gasteiger partial charge in [0.15, 0.2) is 0 Å². The molecule has 1 N–H and O–H groups in total. The number of urea groups is 1. The van der Waals surface area contributed by atoms with E-state index < -0.39 is 17.8 Å². The van der Waals surface area contributed by atoms with Crippen LogP contribution in [0.25, 0.3) is 6.08 Å². The van der Waals surface area contributed by atoms with Gasteiger partial charge in [0.1, 0.15) is 23.7 Å². The summed E-state index contributed by atoms with van der Waals surface area (Å²) in [5.41, 5.74) is 1.34. The van der Waals surface area contributed by atoms with Crippen molar-refractivity contribution in [1.29, 1.82) is 0 Å². The van der Waals surface area contributed by atoms with E-state index >= 15 is 0 Å². The van der Waals surface area contributed by atoms with Crippen LogP contribution in [0.2, 0.25) is 10.0 Å². The summed E-state index contributed by atoms with van der Waals surface area (Å²) in [5.74, 6) is -0.513. The number of nitrogens with one attached hydrogen (secondary N) is 1. The molecule has 1 heterocycles. The van der Waals surface area contributed by atoms with Crippen molar-refractivity contribution in [2.45, 2.75) is 26.4 Å². The molecule has 38 heavy (non-hydrogen) atoms. The summed E-state index contributed by atoms with van der Waals surface area (Å²) in [6.07, 6.45) is 3.32. The lowest BCUT2D eigenvalue weighted by atomic mass is 10.1. The van der Waals surface area contributed by atoms with Crippen LogP contribution in [0.3, 0.4) is 0 Å². The average molecular weight is 618 g/mol. The molecule has 0 aliphatic carbocycles. The highest BCUT2D eigenvalue weighted by Gasteiger charge is 2.37. The number of hydrogen-bond acceptors (Lipinski definition) is 5. The van der Waals surface area contributed by atoms with E-state index in [9.17, 15) is 14.4 Å². The molecule has 0 unspecified atom stereocenters. The first-order chi connectivity index (χ1) is 18.3. The molecule has 0 aromatic heterocycles. The number of hydrogen-bond donors (Lipinski definition) is 1. The summed E-state index contributed by atoms with van der Waals surface area (Å²) >= 11 is 15.5. The van der Waals surface area contributed by atoms with Gasteiger partial charge >= 0.3 is 6.03 Å². The first-order valence-electron chi connectivity index (χ1n) is 11.8. The van der Waals surface area contributed by atoms with Crippen molar-refractivity contribution in [3.8, 4) is 11.5 Å². The second-order valence-corrected chi connectivity index (χ2v) is 10.1. The highest BCUT2D eigenvalue weighted by atomic mass is 79.9. The normalized spacial score (nSPS) is 14.6. The monoisotopic (exact) mass is 616 g/mol. The third-order valence-corrected chi connectivity index (χ3v) is 6.85. The zero-order valence-electron chi connectivity index (χ0n) is 20.3. The number of amides is 4. The number of carbonyl (C=O) groups is 3. The van der Waals surface area contributed by atoms with Crippen LogP contribution >= 0.6 is 39.1 Å². The van der Waals surface area contributed by atoms with Crippen LogP contribution in [-0.2, 0) is 16.2 Å². The Labute approximate surface area is 238 Å². The second-order valence-electron chi connectivity index (χ2n) is 8.37. The van der Waals surface area contributed by atoms with Crippen LogP contribution in [0.15, 0.2) is 70.7 Å². The van der Waals surface area contributed by atoms with Crippen LogP contribution in [0, 0.1) is 0 Å². The Morgan fingerprint density at radius 3 is 2.42 bits per heavy atom. The molecule has 0 saturated carbocycles. The molecule has 10 heteroatoms. The summed E-state index contributed by atoms with van der Waals surface area (Å²) in [4.78, 5) is 39.6. The van der Waals surface area contributed by atoms with Gasteiger partial charge in [0, 0.05) is 10.0 Å². The van der Waals surface area contributed by atoms with Crippen LogP contribution in [0.1, 0.15) is 30.9 Å². The van der Waals surface area contributed by atoms with Crippen LogP contribution < -0.4 is 19.7 Å². The molecule has 0 radical (unpaired) electrons. The van der Waals surface area contributed by atoms with Gasteiger partial charge in [-0.3, -0.25) is 14.9 Å². The van der Waals surface area contributed by atoms with Crippen molar-refractivity contribution in [1.82, 2.24) is 5.32 Å². The molecule has 1 aliphatic rings. The van der Waals surface area contributed by atoms with Gasteiger partial charge in [0.05, 0.1) is 22.3 Å². The van der Waals surface area contributed by atoms with E-state index in [-0.39, 0.29) is 12.2 Å². The Bertz CT molecular complexity index is 1410. The number of unbranched alkanes of at least 4 members (excludes halogenated alkanes) is 1. The van der Waals surface area contributed by atoms with Crippen LogP contribution in [-0.4, -0.2) is 24.5 Å². The Morgan fingerprint density at radius 1 is 0.947 bits per heavy atom. The maximum absolute atomic E-state index is 13.4. The number of rotatable bonds is 9. The molecule has 4 rings (SSSR count). The number of barbiturate groups is 1. The van der Waals surface area contributed by atoms with Gasteiger partial charge in [0.2, 0.25) is 0 Å². The number of imide groups is 2. The fourth-order valence-corrected chi connectivity index (χ4v) is 4.33. The van der Waals surface area contributed by atoms with E-state index in [2.05, 4.69) is 28.2 Å². The molecule has 1 aliphatic heterocycles. The molecule has 0 atom stereocenters. The Balaban J connectivity index is 1.59. The van der Waals surface area contributed by atoms with Crippen molar-refractivity contribution in [2.75, 3.05) is 11.5 Å². The zero-order chi connectivity index (χ0) is 27.2. The first-order valence-corrected chi connectivity index (χ1v) is 13.3. The number of nitrogens with zero attached hydrogens (tertiary/aromatic N) is 1. The minimum atomic E-state index is -0.831. The largest absolute Gasteiger partial charge is 0.494 e. The SMILES string of the molecule is CCCCOc1ccc(N2C(=O)NC(=O)/C(=C/c3cc(Br)ccc3OCc3ccc(Cl)c(Cl)c3)C2=O)cc1. The standard InChI is InChI=1S/C28H23BrCl2N2O5/c1-2-3-12-37-21-8-6-20(7-9-21)33-27(35)22(26(34)32-28(33)36)15-18-14-19(29)5-11-25(18)38-16-17-4-10-23(30)24(31)13-17/h4-11,13-15H,2-3,12,16H2,1H3,(H,32,34,36)/b22-15-. The predicted molar refractivity (Wildman–Crippen MR) is 151 cm³/mol. The number of carbonyl (C=O) groups excluding carboxylic acids is 3. The molecular weight excluding hydrogens is 595 g/mol. The van der Waals surface area contributed by atoms with E-state index in [0.717, 1.165) is 23.3 Å². The molecule has 1 saturated heterocycles. The Kier molecular flexibility index (Phi) is 9.09. The Morgan fingerprint density at radius 2 is 1.71 bits per heavy atom. The van der Waals surface area contributed by atoms with Gasteiger partial charge in [-0.15, -0.1) is 0 Å². The van der Waals surface area contributed by atoms with E-state index in [4.69, 9.17) is 32.7 Å². The van der Waals surface area contributed by atoms with Gasteiger partial charge in [-0.1, -0.05) is 58.5 Å². The van der Waals surface area contributed by atoms with Crippen molar-refractivity contribution in [2.24, 2.45) is 0 Å². The molecule has 3 aromatic rings. The lowest BCUT2D eigenvalue weighted by Gasteiger charge is -2.26. The minimum absolute atomic E-state index is 0.173. The van der Waals surface area contributed by atoms with Crippen molar-refractivity contribution >= 4 is 68.7 Å². The molecule has 1 fully saturated rings. The number of ether oxygens (including phenoxy) is 2. The molecule has 3 aromatic carbocycles. The van der Waals surface area contributed by atoms with Gasteiger partial charge in [-0.2, -0.15) is 0 Å². The maximum Gasteiger partial charge on any atom is 0.335 e. The second kappa shape index (κ2) is 12.5. The summed E-state index contributed by atoms with van der Waals surface area (Å²) in [5, 5.41) is 3.07. The summed E-state index contributed by atoms with van der Waals surface area (Å²) < 4.78 is 12.3. The lowest BCUT2D eigenvalue weighted by molar-refractivity contribution is -0.122. The lowest BCUT2D eigenvalue weighted by Crippen LogP contribution is -2.54. The molecule has 7 nitrogen and oxygen atoms in total. The van der Waals surface area contributed by atoms with E-state index in [1.54, 1.807) is 60.7 Å². The van der Waals surface area contributed by atoms with Crippen molar-refractivity contribution < 1.29 is 23.9 Å². The molecule has 0 bridgehead atoms. The molecular formula is C28H23BrCl2N2O5. The smallest absolute Gasteiger partial charge is 0.335 e. The van der Waals surface area contributed by atoms with Crippen molar-refractivity contribution in [3.05, 3.63) is 91.9 Å². The third kappa shape index (κ3) is 6.56. The van der Waals surface area contributed by atoms with E-state index in [1.165, 1.54) is 6.08 Å². The Hall–Kier alpha value is -3.33. The number of halogens is 3. The van der Waals surface area contributed by atoms with Gasteiger partial charge in [-0.05, 0) is 72.7 Å². The van der Waals surface area contributed by atoms with Gasteiger partial charge in [0.25, 0.3) is 11.8 Å². The van der Waals surface area contributed by atoms with Gasteiger partial charge in [-0.25, -0.2) is 9.69 Å². The zero-order valence-corrected chi connectivity index (χ0v) is 23.4. The van der Waals surface area contributed by atoms with E-state index in [1.807, 2.05) is 0 Å². The third-order valence-electron chi connectivity index (χ3n) is 5.61. The van der Waals surface area contributed by atoms with E-state index in [0.29, 0.717) is 43.9 Å². The number of anilines is 1. The van der Waals surface area contributed by atoms with Crippen molar-refractivity contribution in [3.63, 3.8) is 0 Å². The topological polar surface area (TPSA) is 84.9 Å².